The van der Waals surface area contributed by atoms with Crippen LogP contribution < -0.4 is 16.4 Å². The maximum Gasteiger partial charge on any atom is 0.267 e. The molecular formula is C14H15ClN4OS. The molecule has 7 heteroatoms. The van der Waals surface area contributed by atoms with Gasteiger partial charge in [0.1, 0.15) is 4.88 Å². The molecule has 1 aromatic heterocycles. The topological polar surface area (TPSA) is 80.0 Å². The van der Waals surface area contributed by atoms with Gasteiger partial charge >= 0.3 is 0 Å². The summed E-state index contributed by atoms with van der Waals surface area (Å²) in [6.45, 7) is 0.313. The highest BCUT2D eigenvalue weighted by atomic mass is 35.5. The van der Waals surface area contributed by atoms with E-state index in [1.165, 1.54) is 24.2 Å². The van der Waals surface area contributed by atoms with E-state index in [4.69, 9.17) is 17.3 Å². The lowest BCUT2D eigenvalue weighted by Crippen LogP contribution is -2.13. The number of halogens is 1. The molecule has 1 saturated carbocycles. The molecule has 1 aliphatic carbocycles. The second kappa shape index (κ2) is 6.01. The van der Waals surface area contributed by atoms with Crippen LogP contribution in [0.2, 0.25) is 5.02 Å². The zero-order valence-corrected chi connectivity index (χ0v) is 12.8. The van der Waals surface area contributed by atoms with Crippen molar-refractivity contribution in [3.05, 3.63) is 39.9 Å². The van der Waals surface area contributed by atoms with E-state index < -0.39 is 0 Å². The minimum Gasteiger partial charge on any atom is -0.359 e. The number of anilines is 2. The predicted octanol–water partition coefficient (Wildman–Crippen LogP) is 3.08. The molecule has 0 saturated heterocycles. The molecule has 5 nitrogen and oxygen atoms in total. The van der Waals surface area contributed by atoms with Gasteiger partial charge in [0.05, 0.1) is 16.9 Å². The second-order valence-corrected chi connectivity index (χ2v) is 6.32. The predicted molar refractivity (Wildman–Crippen MR) is 86.1 cm³/mol. The SMILES string of the molecule is NCc1cccc(Cl)c1NC(=O)c1cnc(NC2CC2)s1. The van der Waals surface area contributed by atoms with Crippen molar-refractivity contribution >= 4 is 39.7 Å². The van der Waals surface area contributed by atoms with Gasteiger partial charge < -0.3 is 16.4 Å². The second-order valence-electron chi connectivity index (χ2n) is 4.88. The Balaban J connectivity index is 1.75. The summed E-state index contributed by atoms with van der Waals surface area (Å²) in [5, 5.41) is 7.35. The van der Waals surface area contributed by atoms with Gasteiger partial charge in [-0.05, 0) is 24.5 Å². The van der Waals surface area contributed by atoms with Crippen LogP contribution in [0.1, 0.15) is 28.1 Å². The quantitative estimate of drug-likeness (QED) is 0.790. The van der Waals surface area contributed by atoms with Gasteiger partial charge in [-0.15, -0.1) is 0 Å². The molecule has 0 spiro atoms. The number of nitrogens with one attached hydrogen (secondary N) is 2. The summed E-state index contributed by atoms with van der Waals surface area (Å²) < 4.78 is 0. The van der Waals surface area contributed by atoms with Crippen LogP contribution in [0.5, 0.6) is 0 Å². The van der Waals surface area contributed by atoms with Crippen molar-refractivity contribution in [3.63, 3.8) is 0 Å². The number of benzene rings is 1. The number of carbonyl (C=O) groups excluding carboxylic acids is 1. The van der Waals surface area contributed by atoms with Crippen LogP contribution in [0, 0.1) is 0 Å². The number of nitrogens with two attached hydrogens (primary N) is 1. The molecule has 1 aromatic carbocycles. The summed E-state index contributed by atoms with van der Waals surface area (Å²) in [6.07, 6.45) is 3.91. The zero-order valence-electron chi connectivity index (χ0n) is 11.2. The molecule has 1 heterocycles. The molecule has 1 amide bonds. The fraction of sp³-hybridized carbons (Fsp3) is 0.286. The fourth-order valence-corrected chi connectivity index (χ4v) is 2.93. The van der Waals surface area contributed by atoms with Crippen LogP contribution in [-0.4, -0.2) is 16.9 Å². The third kappa shape index (κ3) is 3.34. The Kier molecular flexibility index (Phi) is 4.10. The summed E-state index contributed by atoms with van der Waals surface area (Å²) in [5.74, 6) is -0.223. The van der Waals surface area contributed by atoms with Gasteiger partial charge in [-0.25, -0.2) is 4.98 Å². The number of nitrogens with zero attached hydrogens (tertiary/aromatic N) is 1. The monoisotopic (exact) mass is 322 g/mol. The molecule has 0 unspecified atom stereocenters. The summed E-state index contributed by atoms with van der Waals surface area (Å²) in [5.41, 5.74) is 7.04. The summed E-state index contributed by atoms with van der Waals surface area (Å²) >= 11 is 7.47. The van der Waals surface area contributed by atoms with Crippen LogP contribution >= 0.6 is 22.9 Å². The Hall–Kier alpha value is -1.63. The van der Waals surface area contributed by atoms with Crippen molar-refractivity contribution in [3.8, 4) is 0 Å². The van der Waals surface area contributed by atoms with Crippen molar-refractivity contribution in [1.82, 2.24) is 4.98 Å². The van der Waals surface area contributed by atoms with Crippen LogP contribution in [0.25, 0.3) is 0 Å². The lowest BCUT2D eigenvalue weighted by molar-refractivity contribution is 0.103. The van der Waals surface area contributed by atoms with Crippen LogP contribution in [0.3, 0.4) is 0 Å². The number of thiazole rings is 1. The molecule has 1 aliphatic rings. The van der Waals surface area contributed by atoms with Crippen molar-refractivity contribution < 1.29 is 4.79 Å². The Morgan fingerprint density at radius 1 is 1.48 bits per heavy atom. The average molecular weight is 323 g/mol. The Morgan fingerprint density at radius 2 is 2.29 bits per heavy atom. The van der Waals surface area contributed by atoms with Crippen LogP contribution in [-0.2, 0) is 6.54 Å². The van der Waals surface area contributed by atoms with Gasteiger partial charge in [0.15, 0.2) is 5.13 Å². The van der Waals surface area contributed by atoms with Crippen molar-refractivity contribution in [2.75, 3.05) is 10.6 Å². The van der Waals surface area contributed by atoms with Crippen molar-refractivity contribution in [2.45, 2.75) is 25.4 Å². The first-order valence-corrected chi connectivity index (χ1v) is 7.88. The highest BCUT2D eigenvalue weighted by molar-refractivity contribution is 7.17. The number of hydrogen-bond acceptors (Lipinski definition) is 5. The van der Waals surface area contributed by atoms with E-state index in [0.29, 0.717) is 28.2 Å². The minimum absolute atomic E-state index is 0.223. The van der Waals surface area contributed by atoms with Gasteiger partial charge in [0, 0.05) is 12.6 Å². The standard InChI is InChI=1S/C14H15ClN4OS/c15-10-3-1-2-8(6-16)12(10)19-13(20)11-7-17-14(21-11)18-9-4-5-9/h1-3,7,9H,4-6,16H2,(H,17,18)(H,19,20). The first-order chi connectivity index (χ1) is 10.2. The van der Waals surface area contributed by atoms with Gasteiger partial charge in [-0.1, -0.05) is 35.1 Å². The molecular weight excluding hydrogens is 308 g/mol. The Bertz CT molecular complexity index is 669. The lowest BCUT2D eigenvalue weighted by atomic mass is 10.1. The molecule has 110 valence electrons. The Morgan fingerprint density at radius 3 is 3.00 bits per heavy atom. The minimum atomic E-state index is -0.223. The molecule has 2 aromatic rings. The molecule has 0 aliphatic heterocycles. The maximum absolute atomic E-state index is 12.3. The maximum atomic E-state index is 12.3. The van der Waals surface area contributed by atoms with E-state index in [-0.39, 0.29) is 5.91 Å². The van der Waals surface area contributed by atoms with Gasteiger partial charge in [-0.3, -0.25) is 4.79 Å². The van der Waals surface area contributed by atoms with Crippen LogP contribution in [0.15, 0.2) is 24.4 Å². The number of hydrogen-bond donors (Lipinski definition) is 3. The van der Waals surface area contributed by atoms with E-state index in [1.807, 2.05) is 12.1 Å². The third-order valence-corrected chi connectivity index (χ3v) is 4.44. The molecule has 0 atom stereocenters. The molecule has 3 rings (SSSR count). The largest absolute Gasteiger partial charge is 0.359 e. The van der Waals surface area contributed by atoms with Crippen molar-refractivity contribution in [2.24, 2.45) is 5.73 Å². The third-order valence-electron chi connectivity index (χ3n) is 3.19. The first kappa shape index (κ1) is 14.3. The number of rotatable bonds is 5. The highest BCUT2D eigenvalue weighted by Crippen LogP contribution is 2.29. The number of amides is 1. The van der Waals surface area contributed by atoms with E-state index in [1.54, 1.807) is 12.3 Å². The van der Waals surface area contributed by atoms with Gasteiger partial charge in [-0.2, -0.15) is 0 Å². The highest BCUT2D eigenvalue weighted by Gasteiger charge is 2.23. The van der Waals surface area contributed by atoms with Gasteiger partial charge in [0.25, 0.3) is 5.91 Å². The number of aromatic nitrogens is 1. The fourth-order valence-electron chi connectivity index (χ4n) is 1.90. The van der Waals surface area contributed by atoms with E-state index in [2.05, 4.69) is 15.6 Å². The van der Waals surface area contributed by atoms with Gasteiger partial charge in [0.2, 0.25) is 0 Å². The smallest absolute Gasteiger partial charge is 0.267 e. The van der Waals surface area contributed by atoms with E-state index in [9.17, 15) is 4.79 Å². The summed E-state index contributed by atoms with van der Waals surface area (Å²) in [7, 11) is 0. The van der Waals surface area contributed by atoms with Crippen molar-refractivity contribution in [1.29, 1.82) is 0 Å². The normalized spacial score (nSPS) is 14.0. The van der Waals surface area contributed by atoms with Crippen LogP contribution in [0.4, 0.5) is 10.8 Å². The van der Waals surface area contributed by atoms with E-state index in [0.717, 1.165) is 10.7 Å². The van der Waals surface area contributed by atoms with E-state index >= 15 is 0 Å². The zero-order chi connectivity index (χ0) is 14.8. The summed E-state index contributed by atoms with van der Waals surface area (Å²) in [4.78, 5) is 17.0. The number of para-hydroxylation sites is 1. The molecule has 21 heavy (non-hydrogen) atoms. The Labute approximate surface area is 131 Å². The lowest BCUT2D eigenvalue weighted by Gasteiger charge is -2.10. The first-order valence-electron chi connectivity index (χ1n) is 6.68. The molecule has 0 radical (unpaired) electrons. The summed E-state index contributed by atoms with van der Waals surface area (Å²) in [6, 6.07) is 5.89. The molecule has 4 N–H and O–H groups in total. The average Bonchev–Trinajstić information content (AvgIpc) is 3.16. The molecule has 1 fully saturated rings. The number of carbonyl (C=O) groups is 1. The molecule has 0 bridgehead atoms.